The summed E-state index contributed by atoms with van der Waals surface area (Å²) in [6, 6.07) is 8.65. The van der Waals surface area contributed by atoms with Gasteiger partial charge in [-0.05, 0) is 35.9 Å². The standard InChI is InChI=1S/C16H18FNOS/c17-14-4-2-1-3-13(14)15(19)5-8-18-9-6-16-12(11-18)7-10-20-16/h1-4,7,10,15,19H,5-6,8-9,11H2. The van der Waals surface area contributed by atoms with Gasteiger partial charge in [0.1, 0.15) is 5.82 Å². The molecular weight excluding hydrogens is 273 g/mol. The second kappa shape index (κ2) is 6.04. The molecule has 1 aliphatic heterocycles. The smallest absolute Gasteiger partial charge is 0.128 e. The molecule has 2 nitrogen and oxygen atoms in total. The molecule has 20 heavy (non-hydrogen) atoms. The predicted octanol–water partition coefficient (Wildman–Crippen LogP) is 3.37. The number of halogens is 1. The molecule has 1 aliphatic rings. The first-order valence-corrected chi connectivity index (χ1v) is 7.82. The molecule has 0 bridgehead atoms. The Morgan fingerprint density at radius 3 is 3.00 bits per heavy atom. The lowest BCUT2D eigenvalue weighted by molar-refractivity contribution is 0.134. The van der Waals surface area contributed by atoms with Gasteiger partial charge >= 0.3 is 0 Å². The molecule has 3 rings (SSSR count). The first-order valence-electron chi connectivity index (χ1n) is 6.94. The SMILES string of the molecule is OC(CCN1CCc2sccc2C1)c1ccccc1F. The molecule has 4 heteroatoms. The summed E-state index contributed by atoms with van der Waals surface area (Å²) in [5, 5.41) is 12.3. The van der Waals surface area contributed by atoms with E-state index >= 15 is 0 Å². The Morgan fingerprint density at radius 1 is 1.30 bits per heavy atom. The Balaban J connectivity index is 1.57. The molecule has 0 amide bonds. The predicted molar refractivity (Wildman–Crippen MR) is 79.3 cm³/mol. The summed E-state index contributed by atoms with van der Waals surface area (Å²) in [4.78, 5) is 3.81. The quantitative estimate of drug-likeness (QED) is 0.933. The fourth-order valence-electron chi connectivity index (χ4n) is 2.70. The van der Waals surface area contributed by atoms with Crippen LogP contribution >= 0.6 is 11.3 Å². The van der Waals surface area contributed by atoms with Crippen molar-refractivity contribution < 1.29 is 9.50 Å². The van der Waals surface area contributed by atoms with Crippen LogP contribution in [0.4, 0.5) is 4.39 Å². The van der Waals surface area contributed by atoms with Gasteiger partial charge in [-0.25, -0.2) is 4.39 Å². The lowest BCUT2D eigenvalue weighted by Crippen LogP contribution is -2.31. The summed E-state index contributed by atoms with van der Waals surface area (Å²) >= 11 is 1.82. The maximum absolute atomic E-state index is 13.6. The number of aliphatic hydroxyl groups is 1. The molecule has 1 atom stereocenters. The van der Waals surface area contributed by atoms with Crippen LogP contribution in [-0.4, -0.2) is 23.1 Å². The number of thiophene rings is 1. The summed E-state index contributed by atoms with van der Waals surface area (Å²) in [6.45, 7) is 2.77. The van der Waals surface area contributed by atoms with Crippen molar-refractivity contribution in [1.82, 2.24) is 4.90 Å². The molecule has 0 saturated heterocycles. The van der Waals surface area contributed by atoms with Crippen LogP contribution in [0.15, 0.2) is 35.7 Å². The van der Waals surface area contributed by atoms with E-state index in [0.717, 1.165) is 26.1 Å². The maximum atomic E-state index is 13.6. The Labute approximate surface area is 122 Å². The zero-order valence-corrected chi connectivity index (χ0v) is 12.1. The van der Waals surface area contributed by atoms with Crippen LogP contribution in [0.3, 0.4) is 0 Å². The normalized spacial score (nSPS) is 16.9. The zero-order valence-electron chi connectivity index (χ0n) is 11.3. The van der Waals surface area contributed by atoms with Crippen LogP contribution in [0, 0.1) is 5.82 Å². The average Bonchev–Trinajstić information content (AvgIpc) is 2.92. The minimum atomic E-state index is -0.722. The van der Waals surface area contributed by atoms with E-state index in [4.69, 9.17) is 0 Å². The van der Waals surface area contributed by atoms with E-state index in [-0.39, 0.29) is 5.82 Å². The van der Waals surface area contributed by atoms with Gasteiger partial charge in [-0.2, -0.15) is 0 Å². The van der Waals surface area contributed by atoms with E-state index in [9.17, 15) is 9.50 Å². The van der Waals surface area contributed by atoms with Gasteiger partial charge in [0.15, 0.2) is 0 Å². The molecule has 1 aromatic heterocycles. The molecule has 2 heterocycles. The zero-order chi connectivity index (χ0) is 13.9. The monoisotopic (exact) mass is 291 g/mol. The first-order chi connectivity index (χ1) is 9.74. The first kappa shape index (κ1) is 13.7. The van der Waals surface area contributed by atoms with Gasteiger partial charge in [-0.3, -0.25) is 4.90 Å². The van der Waals surface area contributed by atoms with Crippen molar-refractivity contribution in [3.63, 3.8) is 0 Å². The fraction of sp³-hybridized carbons (Fsp3) is 0.375. The highest BCUT2D eigenvalue weighted by atomic mass is 32.1. The van der Waals surface area contributed by atoms with Crippen LogP contribution in [-0.2, 0) is 13.0 Å². The van der Waals surface area contributed by atoms with Crippen LogP contribution in [0.5, 0.6) is 0 Å². The Bertz CT molecular complexity index is 583. The highest BCUT2D eigenvalue weighted by molar-refractivity contribution is 7.10. The number of benzene rings is 1. The molecule has 106 valence electrons. The molecule has 1 unspecified atom stereocenters. The van der Waals surface area contributed by atoms with Gasteiger partial charge in [0.25, 0.3) is 0 Å². The van der Waals surface area contributed by atoms with Gasteiger partial charge in [0.2, 0.25) is 0 Å². The second-order valence-electron chi connectivity index (χ2n) is 5.22. The maximum Gasteiger partial charge on any atom is 0.128 e. The van der Waals surface area contributed by atoms with Crippen molar-refractivity contribution in [1.29, 1.82) is 0 Å². The highest BCUT2D eigenvalue weighted by Gasteiger charge is 2.19. The van der Waals surface area contributed by atoms with E-state index in [1.165, 1.54) is 16.5 Å². The molecule has 0 aliphatic carbocycles. The van der Waals surface area contributed by atoms with Crippen molar-refractivity contribution in [2.24, 2.45) is 0 Å². The number of hydrogen-bond acceptors (Lipinski definition) is 3. The van der Waals surface area contributed by atoms with Gasteiger partial charge in [0.05, 0.1) is 6.10 Å². The molecule has 2 aromatic rings. The van der Waals surface area contributed by atoms with E-state index in [2.05, 4.69) is 16.3 Å². The van der Waals surface area contributed by atoms with E-state index < -0.39 is 6.10 Å². The Kier molecular flexibility index (Phi) is 4.15. The topological polar surface area (TPSA) is 23.5 Å². The lowest BCUT2D eigenvalue weighted by Gasteiger charge is -2.27. The Hall–Kier alpha value is -1.23. The number of aliphatic hydroxyl groups excluding tert-OH is 1. The van der Waals surface area contributed by atoms with E-state index in [1.54, 1.807) is 18.2 Å². The number of fused-ring (bicyclic) bond motifs is 1. The molecular formula is C16H18FNOS. The third kappa shape index (κ3) is 2.92. The molecule has 0 radical (unpaired) electrons. The van der Waals surface area contributed by atoms with Gasteiger partial charge in [0, 0.05) is 30.1 Å². The van der Waals surface area contributed by atoms with Crippen molar-refractivity contribution in [3.05, 3.63) is 57.5 Å². The molecule has 0 fully saturated rings. The average molecular weight is 291 g/mol. The van der Waals surface area contributed by atoms with E-state index in [0.29, 0.717) is 12.0 Å². The van der Waals surface area contributed by atoms with Gasteiger partial charge in [-0.15, -0.1) is 11.3 Å². The highest BCUT2D eigenvalue weighted by Crippen LogP contribution is 2.25. The van der Waals surface area contributed by atoms with Crippen molar-refractivity contribution in [2.45, 2.75) is 25.5 Å². The summed E-state index contributed by atoms with van der Waals surface area (Å²) < 4.78 is 13.6. The third-order valence-corrected chi connectivity index (χ3v) is 4.89. The number of nitrogens with zero attached hydrogens (tertiary/aromatic N) is 1. The van der Waals surface area contributed by atoms with Crippen molar-refractivity contribution in [2.75, 3.05) is 13.1 Å². The summed E-state index contributed by atoms with van der Waals surface area (Å²) in [5.41, 5.74) is 1.81. The number of hydrogen-bond donors (Lipinski definition) is 1. The van der Waals surface area contributed by atoms with Crippen LogP contribution in [0.1, 0.15) is 28.5 Å². The second-order valence-corrected chi connectivity index (χ2v) is 6.22. The molecule has 0 spiro atoms. The Morgan fingerprint density at radius 2 is 2.15 bits per heavy atom. The van der Waals surface area contributed by atoms with Crippen molar-refractivity contribution in [3.8, 4) is 0 Å². The minimum Gasteiger partial charge on any atom is -0.388 e. The molecule has 0 saturated carbocycles. The van der Waals surface area contributed by atoms with Crippen LogP contribution < -0.4 is 0 Å². The van der Waals surface area contributed by atoms with Crippen molar-refractivity contribution >= 4 is 11.3 Å². The molecule has 1 aromatic carbocycles. The summed E-state index contributed by atoms with van der Waals surface area (Å²) in [5.74, 6) is -0.321. The summed E-state index contributed by atoms with van der Waals surface area (Å²) in [7, 11) is 0. The van der Waals surface area contributed by atoms with Crippen LogP contribution in [0.2, 0.25) is 0 Å². The summed E-state index contributed by atoms with van der Waals surface area (Å²) in [6.07, 6.45) is 0.934. The minimum absolute atomic E-state index is 0.321. The lowest BCUT2D eigenvalue weighted by atomic mass is 10.0. The third-order valence-electron chi connectivity index (χ3n) is 3.87. The largest absolute Gasteiger partial charge is 0.388 e. The number of rotatable bonds is 4. The van der Waals surface area contributed by atoms with Gasteiger partial charge < -0.3 is 5.11 Å². The molecule has 1 N–H and O–H groups in total. The fourth-order valence-corrected chi connectivity index (χ4v) is 3.59. The van der Waals surface area contributed by atoms with Gasteiger partial charge in [-0.1, -0.05) is 18.2 Å². The van der Waals surface area contributed by atoms with Crippen LogP contribution in [0.25, 0.3) is 0 Å². The van der Waals surface area contributed by atoms with E-state index in [1.807, 2.05) is 11.3 Å².